The Labute approximate surface area is 48.5 Å². The molecule has 0 bridgehead atoms. The average Bonchev–Trinajstić information content (AvgIpc) is 1.68. The molecule has 0 heterocycles. The van der Waals surface area contributed by atoms with Crippen LogP contribution in [-0.2, 0) is 0 Å². The summed E-state index contributed by atoms with van der Waals surface area (Å²) in [6, 6.07) is 0. The second-order valence-electron chi connectivity index (χ2n) is 1.28. The summed E-state index contributed by atoms with van der Waals surface area (Å²) < 4.78 is 0. The summed E-state index contributed by atoms with van der Waals surface area (Å²) in [4.78, 5) is 0. The van der Waals surface area contributed by atoms with E-state index in [0.29, 0.717) is 6.42 Å². The summed E-state index contributed by atoms with van der Waals surface area (Å²) in [5, 5.41) is 14.8. The monoisotopic (exact) mass is 119 g/mol. The summed E-state index contributed by atoms with van der Waals surface area (Å²) >= 11 is 3.91. The molecule has 0 aliphatic carbocycles. The molecular formula is C4H9NOS. The van der Waals surface area contributed by atoms with Crippen LogP contribution in [0.5, 0.6) is 0 Å². The summed E-state index contributed by atoms with van der Waals surface area (Å²) in [7, 11) is 0. The van der Waals surface area contributed by atoms with E-state index in [4.69, 9.17) is 10.5 Å². The second-order valence-corrected chi connectivity index (χ2v) is 2.01. The summed E-state index contributed by atoms with van der Waals surface area (Å²) in [6.07, 6.45) is 1.80. The Morgan fingerprint density at radius 3 is 2.57 bits per heavy atom. The van der Waals surface area contributed by atoms with Gasteiger partial charge in [0, 0.05) is 5.25 Å². The molecule has 3 heteroatoms. The highest BCUT2D eigenvalue weighted by molar-refractivity contribution is 7.81. The maximum atomic E-state index is 8.29. The first-order valence-electron chi connectivity index (χ1n) is 2.09. The molecule has 1 atom stereocenters. The van der Waals surface area contributed by atoms with E-state index in [-0.39, 0.29) is 11.9 Å². The minimum absolute atomic E-state index is 0.0440. The minimum atomic E-state index is -0.0440. The predicted octanol–water partition coefficient (Wildman–Crippen LogP) is 0.317. The predicted molar refractivity (Wildman–Crippen MR) is 33.3 cm³/mol. The Kier molecular flexibility index (Phi) is 4.14. The maximum Gasteiger partial charge on any atom is 0.0551 e. The van der Waals surface area contributed by atoms with Crippen LogP contribution in [0.2, 0.25) is 0 Å². The normalized spacial score (nSPS) is 13.4. The van der Waals surface area contributed by atoms with Gasteiger partial charge in [-0.25, -0.2) is 0 Å². The van der Waals surface area contributed by atoms with Crippen LogP contribution >= 0.6 is 12.6 Å². The van der Waals surface area contributed by atoms with Crippen molar-refractivity contribution in [1.82, 2.24) is 0 Å². The first kappa shape index (κ1) is 6.98. The zero-order chi connectivity index (χ0) is 5.70. The van der Waals surface area contributed by atoms with Gasteiger partial charge in [-0.05, 0) is 12.6 Å². The Balaban J connectivity index is 2.98. The third kappa shape index (κ3) is 3.82. The third-order valence-corrected chi connectivity index (χ3v) is 0.975. The largest absolute Gasteiger partial charge is 0.395 e. The molecule has 0 aliphatic heterocycles. The van der Waals surface area contributed by atoms with E-state index in [9.17, 15) is 0 Å². The zero-order valence-corrected chi connectivity index (χ0v) is 4.86. The van der Waals surface area contributed by atoms with Crippen molar-refractivity contribution < 1.29 is 5.11 Å². The molecule has 7 heavy (non-hydrogen) atoms. The van der Waals surface area contributed by atoms with Gasteiger partial charge >= 0.3 is 0 Å². The fraction of sp³-hybridized carbons (Fsp3) is 0.750. The van der Waals surface area contributed by atoms with Crippen LogP contribution in [0.4, 0.5) is 0 Å². The van der Waals surface area contributed by atoms with Crippen molar-refractivity contribution in [3.8, 4) is 0 Å². The average molecular weight is 119 g/mol. The molecule has 0 rings (SSSR count). The van der Waals surface area contributed by atoms with Crippen LogP contribution in [0.15, 0.2) is 0 Å². The van der Waals surface area contributed by atoms with Crippen molar-refractivity contribution in [2.75, 3.05) is 6.61 Å². The van der Waals surface area contributed by atoms with Crippen molar-refractivity contribution in [2.24, 2.45) is 0 Å². The molecule has 2 N–H and O–H groups in total. The van der Waals surface area contributed by atoms with Crippen molar-refractivity contribution in [1.29, 1.82) is 5.41 Å². The highest BCUT2D eigenvalue weighted by Gasteiger charge is 1.94. The van der Waals surface area contributed by atoms with Gasteiger partial charge in [-0.2, -0.15) is 12.6 Å². The lowest BCUT2D eigenvalue weighted by atomic mass is 10.3. The fourth-order valence-electron chi connectivity index (χ4n) is 0.211. The van der Waals surface area contributed by atoms with Crippen LogP contribution in [0, 0.1) is 5.41 Å². The highest BCUT2D eigenvalue weighted by atomic mass is 32.1. The van der Waals surface area contributed by atoms with Crippen molar-refractivity contribution in [3.05, 3.63) is 0 Å². The molecule has 0 aromatic carbocycles. The number of hydrogen-bond donors (Lipinski definition) is 3. The molecule has 0 aromatic heterocycles. The van der Waals surface area contributed by atoms with Gasteiger partial charge in [-0.15, -0.1) is 0 Å². The number of aliphatic hydroxyl groups excluding tert-OH is 1. The van der Waals surface area contributed by atoms with Gasteiger partial charge in [0.25, 0.3) is 0 Å². The minimum Gasteiger partial charge on any atom is -0.395 e. The van der Waals surface area contributed by atoms with Gasteiger partial charge in [0.1, 0.15) is 0 Å². The molecule has 42 valence electrons. The fourth-order valence-corrected chi connectivity index (χ4v) is 0.316. The Morgan fingerprint density at radius 2 is 2.43 bits per heavy atom. The number of aliphatic hydroxyl groups is 1. The first-order valence-corrected chi connectivity index (χ1v) is 2.60. The van der Waals surface area contributed by atoms with Gasteiger partial charge in [-0.3, -0.25) is 0 Å². The molecule has 0 saturated carbocycles. The van der Waals surface area contributed by atoms with E-state index in [1.165, 1.54) is 6.21 Å². The van der Waals surface area contributed by atoms with E-state index in [2.05, 4.69) is 12.6 Å². The van der Waals surface area contributed by atoms with Gasteiger partial charge in [-0.1, -0.05) is 0 Å². The van der Waals surface area contributed by atoms with Crippen LogP contribution in [0.25, 0.3) is 0 Å². The van der Waals surface area contributed by atoms with Gasteiger partial charge in [0.2, 0.25) is 0 Å². The second kappa shape index (κ2) is 4.15. The Hall–Kier alpha value is -0.0200. The maximum absolute atomic E-state index is 8.29. The molecule has 0 saturated heterocycles. The van der Waals surface area contributed by atoms with Gasteiger partial charge < -0.3 is 10.5 Å². The van der Waals surface area contributed by atoms with Gasteiger partial charge in [0.05, 0.1) is 6.61 Å². The van der Waals surface area contributed by atoms with E-state index < -0.39 is 0 Å². The number of hydrogen-bond acceptors (Lipinski definition) is 3. The molecule has 0 radical (unpaired) electrons. The molecule has 0 aromatic rings. The lowest BCUT2D eigenvalue weighted by Crippen LogP contribution is -2.03. The Bertz CT molecular complexity index is 57.7. The molecule has 0 spiro atoms. The highest BCUT2D eigenvalue weighted by Crippen LogP contribution is 1.94. The lowest BCUT2D eigenvalue weighted by Gasteiger charge is -1.97. The van der Waals surface area contributed by atoms with Crippen molar-refractivity contribution in [3.63, 3.8) is 0 Å². The lowest BCUT2D eigenvalue weighted by molar-refractivity contribution is 0.297. The number of thiol groups is 1. The van der Waals surface area contributed by atoms with E-state index in [1.807, 2.05) is 0 Å². The van der Waals surface area contributed by atoms with Gasteiger partial charge in [0.15, 0.2) is 0 Å². The molecule has 2 nitrogen and oxygen atoms in total. The number of rotatable bonds is 3. The summed E-state index contributed by atoms with van der Waals surface area (Å²) in [5.74, 6) is 0. The topological polar surface area (TPSA) is 44.1 Å². The number of nitrogens with one attached hydrogen (secondary N) is 1. The Morgan fingerprint density at radius 1 is 1.86 bits per heavy atom. The van der Waals surface area contributed by atoms with E-state index >= 15 is 0 Å². The van der Waals surface area contributed by atoms with Crippen molar-refractivity contribution >= 4 is 18.8 Å². The SMILES string of the molecule is N=CCC(S)CO. The third-order valence-electron chi connectivity index (χ3n) is 0.601. The molecule has 0 fully saturated rings. The molecule has 0 aliphatic rings. The van der Waals surface area contributed by atoms with Crippen LogP contribution in [0.1, 0.15) is 6.42 Å². The van der Waals surface area contributed by atoms with E-state index in [0.717, 1.165) is 0 Å². The quantitative estimate of drug-likeness (QED) is 0.363. The van der Waals surface area contributed by atoms with Crippen LogP contribution in [-0.4, -0.2) is 23.2 Å². The molecule has 0 amide bonds. The molecular weight excluding hydrogens is 110 g/mol. The molecule has 1 unspecified atom stereocenters. The van der Waals surface area contributed by atoms with Crippen molar-refractivity contribution in [2.45, 2.75) is 11.7 Å². The van der Waals surface area contributed by atoms with Crippen LogP contribution in [0.3, 0.4) is 0 Å². The van der Waals surface area contributed by atoms with E-state index in [1.54, 1.807) is 0 Å². The first-order chi connectivity index (χ1) is 3.31. The standard InChI is InChI=1S/C4H9NOS/c5-2-1-4(7)3-6/h2,4-7H,1,3H2. The zero-order valence-electron chi connectivity index (χ0n) is 3.96. The van der Waals surface area contributed by atoms with Crippen LogP contribution < -0.4 is 0 Å². The summed E-state index contributed by atoms with van der Waals surface area (Å²) in [5.41, 5.74) is 0. The summed E-state index contributed by atoms with van der Waals surface area (Å²) in [6.45, 7) is 0.0541. The smallest absolute Gasteiger partial charge is 0.0551 e.